The highest BCUT2D eigenvalue weighted by Gasteiger charge is 2.24. The molecule has 3 N–H and O–H groups in total. The maximum Gasteiger partial charge on any atom is 0.315 e. The molecule has 1 fully saturated rings. The molecule has 17 heavy (non-hydrogen) atoms. The fourth-order valence-electron chi connectivity index (χ4n) is 1.86. The lowest BCUT2D eigenvalue weighted by Crippen LogP contribution is -2.45. The molecule has 100 valence electrons. The first kappa shape index (κ1) is 14.3. The summed E-state index contributed by atoms with van der Waals surface area (Å²) in [6.45, 7) is 3.65. The zero-order chi connectivity index (χ0) is 12.5. The summed E-state index contributed by atoms with van der Waals surface area (Å²) in [6.07, 6.45) is 4.53. The highest BCUT2D eigenvalue weighted by atomic mass is 16.5. The van der Waals surface area contributed by atoms with Crippen LogP contribution in [0.25, 0.3) is 0 Å². The zero-order valence-electron chi connectivity index (χ0n) is 10.6. The molecule has 0 heterocycles. The Hall–Kier alpha value is -0.810. The average molecular weight is 244 g/mol. The van der Waals surface area contributed by atoms with Gasteiger partial charge in [0.2, 0.25) is 0 Å². The Morgan fingerprint density at radius 3 is 2.82 bits per heavy atom. The van der Waals surface area contributed by atoms with E-state index in [1.54, 1.807) is 0 Å². The fraction of sp³-hybridized carbons (Fsp3) is 0.917. The van der Waals surface area contributed by atoms with E-state index in [2.05, 4.69) is 17.6 Å². The molecule has 1 saturated carbocycles. The maximum absolute atomic E-state index is 11.5. The molecule has 1 aliphatic carbocycles. The molecule has 5 nitrogen and oxygen atoms in total. The van der Waals surface area contributed by atoms with Gasteiger partial charge in [0, 0.05) is 19.2 Å². The lowest BCUT2D eigenvalue weighted by atomic mass is 9.80. The first-order chi connectivity index (χ1) is 8.24. The summed E-state index contributed by atoms with van der Waals surface area (Å²) in [5.41, 5.74) is 0. The lowest BCUT2D eigenvalue weighted by Gasteiger charge is -2.31. The number of hydrogen-bond donors (Lipinski definition) is 3. The van der Waals surface area contributed by atoms with Crippen LogP contribution in [-0.4, -0.2) is 43.5 Å². The molecule has 0 saturated heterocycles. The standard InChI is InChI=1S/C12H24N2O3/c1-10(11-4-2-5-11)14-12(16)13-6-3-8-17-9-7-15/h10-11,15H,2-9H2,1H3,(H2,13,14,16). The third kappa shape index (κ3) is 5.89. The Morgan fingerprint density at radius 2 is 2.24 bits per heavy atom. The molecule has 1 aliphatic rings. The van der Waals surface area contributed by atoms with Crippen LogP contribution in [0.2, 0.25) is 0 Å². The van der Waals surface area contributed by atoms with Crippen LogP contribution in [0, 0.1) is 5.92 Å². The van der Waals surface area contributed by atoms with Crippen LogP contribution in [0.4, 0.5) is 4.79 Å². The van der Waals surface area contributed by atoms with E-state index < -0.39 is 0 Å². The molecule has 1 rings (SSSR count). The van der Waals surface area contributed by atoms with Gasteiger partial charge in [-0.05, 0) is 32.1 Å². The molecule has 0 radical (unpaired) electrons. The molecular weight excluding hydrogens is 220 g/mol. The van der Waals surface area contributed by atoms with Crippen LogP contribution >= 0.6 is 0 Å². The molecule has 0 aliphatic heterocycles. The van der Waals surface area contributed by atoms with Gasteiger partial charge < -0.3 is 20.5 Å². The predicted molar refractivity (Wildman–Crippen MR) is 65.9 cm³/mol. The van der Waals surface area contributed by atoms with Crippen LogP contribution in [0.1, 0.15) is 32.6 Å². The quantitative estimate of drug-likeness (QED) is 0.555. The fourth-order valence-corrected chi connectivity index (χ4v) is 1.86. The number of aliphatic hydroxyl groups excluding tert-OH is 1. The summed E-state index contributed by atoms with van der Waals surface area (Å²) in [7, 11) is 0. The van der Waals surface area contributed by atoms with E-state index in [0.29, 0.717) is 25.7 Å². The molecule has 1 atom stereocenters. The van der Waals surface area contributed by atoms with E-state index in [9.17, 15) is 4.79 Å². The van der Waals surface area contributed by atoms with Crippen LogP contribution in [0.3, 0.4) is 0 Å². The topological polar surface area (TPSA) is 70.6 Å². The summed E-state index contributed by atoms with van der Waals surface area (Å²) in [4.78, 5) is 11.5. The number of rotatable bonds is 8. The molecule has 0 aromatic rings. The first-order valence-electron chi connectivity index (χ1n) is 6.47. The van der Waals surface area contributed by atoms with Crippen molar-refractivity contribution in [1.82, 2.24) is 10.6 Å². The van der Waals surface area contributed by atoms with E-state index in [1.165, 1.54) is 19.3 Å². The van der Waals surface area contributed by atoms with Gasteiger partial charge in [-0.2, -0.15) is 0 Å². The van der Waals surface area contributed by atoms with Gasteiger partial charge in [-0.15, -0.1) is 0 Å². The van der Waals surface area contributed by atoms with Crippen LogP contribution in [0.5, 0.6) is 0 Å². The van der Waals surface area contributed by atoms with Crippen molar-refractivity contribution in [1.29, 1.82) is 0 Å². The van der Waals surface area contributed by atoms with Crippen LogP contribution in [-0.2, 0) is 4.74 Å². The van der Waals surface area contributed by atoms with Gasteiger partial charge in [-0.1, -0.05) is 6.42 Å². The number of ether oxygens (including phenoxy) is 1. The molecule has 0 spiro atoms. The van der Waals surface area contributed by atoms with Crippen molar-refractivity contribution in [2.24, 2.45) is 5.92 Å². The SMILES string of the molecule is CC(NC(=O)NCCCOCCO)C1CCC1. The molecular formula is C12H24N2O3. The second kappa shape index (κ2) is 8.31. The van der Waals surface area contributed by atoms with Crippen molar-refractivity contribution in [2.45, 2.75) is 38.6 Å². The van der Waals surface area contributed by atoms with Crippen molar-refractivity contribution < 1.29 is 14.6 Å². The summed E-state index contributed by atoms with van der Waals surface area (Å²) in [5.74, 6) is 0.661. The monoisotopic (exact) mass is 244 g/mol. The number of aliphatic hydroxyl groups is 1. The molecule has 1 unspecified atom stereocenters. The summed E-state index contributed by atoms with van der Waals surface area (Å²) in [6, 6.07) is 0.181. The minimum Gasteiger partial charge on any atom is -0.394 e. The van der Waals surface area contributed by atoms with Crippen molar-refractivity contribution in [3.05, 3.63) is 0 Å². The summed E-state index contributed by atoms with van der Waals surface area (Å²) in [5, 5.41) is 14.2. The molecule has 2 amide bonds. The molecule has 0 aromatic heterocycles. The Balaban J connectivity index is 1.93. The van der Waals surface area contributed by atoms with Gasteiger partial charge in [-0.3, -0.25) is 0 Å². The van der Waals surface area contributed by atoms with Crippen molar-refractivity contribution >= 4 is 6.03 Å². The maximum atomic E-state index is 11.5. The van der Waals surface area contributed by atoms with Crippen molar-refractivity contribution in [2.75, 3.05) is 26.4 Å². The van der Waals surface area contributed by atoms with Gasteiger partial charge in [-0.25, -0.2) is 4.79 Å². The van der Waals surface area contributed by atoms with E-state index in [-0.39, 0.29) is 18.7 Å². The largest absolute Gasteiger partial charge is 0.394 e. The molecule has 0 bridgehead atoms. The zero-order valence-corrected chi connectivity index (χ0v) is 10.6. The third-order valence-corrected chi connectivity index (χ3v) is 3.20. The van der Waals surface area contributed by atoms with Crippen LogP contribution < -0.4 is 10.6 Å². The lowest BCUT2D eigenvalue weighted by molar-refractivity contribution is 0.0909. The van der Waals surface area contributed by atoms with Gasteiger partial charge in [0.05, 0.1) is 13.2 Å². The minimum atomic E-state index is -0.0911. The highest BCUT2D eigenvalue weighted by Crippen LogP contribution is 2.29. The number of carbonyl (C=O) groups is 1. The van der Waals surface area contributed by atoms with E-state index in [1.807, 2.05) is 0 Å². The number of urea groups is 1. The average Bonchev–Trinajstić information content (AvgIpc) is 2.20. The second-order valence-electron chi connectivity index (χ2n) is 4.57. The number of nitrogens with one attached hydrogen (secondary N) is 2. The third-order valence-electron chi connectivity index (χ3n) is 3.20. The summed E-state index contributed by atoms with van der Waals surface area (Å²) < 4.78 is 5.09. The minimum absolute atomic E-state index is 0.0484. The Labute approximate surface area is 103 Å². The van der Waals surface area contributed by atoms with E-state index in [4.69, 9.17) is 9.84 Å². The number of amides is 2. The van der Waals surface area contributed by atoms with E-state index >= 15 is 0 Å². The van der Waals surface area contributed by atoms with Gasteiger partial charge in [0.15, 0.2) is 0 Å². The van der Waals surface area contributed by atoms with Crippen molar-refractivity contribution in [3.8, 4) is 0 Å². The Morgan fingerprint density at radius 1 is 1.47 bits per heavy atom. The van der Waals surface area contributed by atoms with Crippen LogP contribution in [0.15, 0.2) is 0 Å². The summed E-state index contributed by atoms with van der Waals surface area (Å²) >= 11 is 0. The highest BCUT2D eigenvalue weighted by molar-refractivity contribution is 5.74. The molecule has 0 aromatic carbocycles. The normalized spacial score (nSPS) is 17.3. The molecule has 5 heteroatoms. The van der Waals surface area contributed by atoms with Gasteiger partial charge >= 0.3 is 6.03 Å². The van der Waals surface area contributed by atoms with Gasteiger partial charge in [0.25, 0.3) is 0 Å². The van der Waals surface area contributed by atoms with Gasteiger partial charge in [0.1, 0.15) is 0 Å². The number of hydrogen-bond acceptors (Lipinski definition) is 3. The number of carbonyl (C=O) groups excluding carboxylic acids is 1. The van der Waals surface area contributed by atoms with Crippen molar-refractivity contribution in [3.63, 3.8) is 0 Å². The smallest absolute Gasteiger partial charge is 0.315 e. The second-order valence-corrected chi connectivity index (χ2v) is 4.57. The van der Waals surface area contributed by atoms with E-state index in [0.717, 1.165) is 6.42 Å². The Bertz CT molecular complexity index is 220. The Kier molecular flexibility index (Phi) is 6.96. The first-order valence-corrected chi connectivity index (χ1v) is 6.47. The predicted octanol–water partition coefficient (Wildman–Crippen LogP) is 0.873.